The molecule has 0 aliphatic carbocycles. The average Bonchev–Trinajstić information content (AvgIpc) is 2.61. The van der Waals surface area contributed by atoms with E-state index < -0.39 is 5.91 Å². The van der Waals surface area contributed by atoms with Gasteiger partial charge in [-0.05, 0) is 59.3 Å². The summed E-state index contributed by atoms with van der Waals surface area (Å²) >= 11 is 3.46. The number of rotatable bonds is 5. The molecule has 1 fully saturated rings. The van der Waals surface area contributed by atoms with Crippen molar-refractivity contribution in [1.29, 1.82) is 0 Å². The van der Waals surface area contributed by atoms with Crippen LogP contribution in [-0.4, -0.2) is 35.6 Å². The molecule has 0 aromatic carbocycles. The number of hydrogen-bond acceptors (Lipinski definition) is 5. The van der Waals surface area contributed by atoms with Crippen molar-refractivity contribution < 1.29 is 9.53 Å². The van der Waals surface area contributed by atoms with E-state index in [0.29, 0.717) is 18.3 Å². The summed E-state index contributed by atoms with van der Waals surface area (Å²) in [5.74, 6) is 1.63. The van der Waals surface area contributed by atoms with Gasteiger partial charge < -0.3 is 15.4 Å². The van der Waals surface area contributed by atoms with E-state index >= 15 is 0 Å². The molecule has 0 spiro atoms. The Morgan fingerprint density at radius 1 is 1.36 bits per heavy atom. The topological polar surface area (TPSA) is 81.3 Å². The fourth-order valence-electron chi connectivity index (χ4n) is 3.03. The Labute approximate surface area is 155 Å². The second-order valence-corrected chi connectivity index (χ2v) is 7.19. The highest BCUT2D eigenvalue weighted by atomic mass is 79.9. The number of piperidine rings is 1. The summed E-state index contributed by atoms with van der Waals surface area (Å²) in [7, 11) is 0. The number of anilines is 1. The molecule has 1 aliphatic heterocycles. The zero-order chi connectivity index (χ0) is 17.8. The average molecular weight is 405 g/mol. The summed E-state index contributed by atoms with van der Waals surface area (Å²) < 4.78 is 6.83. The maximum atomic E-state index is 11.2. The predicted octanol–water partition coefficient (Wildman–Crippen LogP) is 2.94. The van der Waals surface area contributed by atoms with Crippen LogP contribution in [0.1, 0.15) is 28.9 Å². The first kappa shape index (κ1) is 17.7. The van der Waals surface area contributed by atoms with E-state index in [9.17, 15) is 4.79 Å². The Bertz CT molecular complexity index is 760. The van der Waals surface area contributed by atoms with Crippen LogP contribution in [0.2, 0.25) is 0 Å². The van der Waals surface area contributed by atoms with Crippen molar-refractivity contribution >= 4 is 27.7 Å². The van der Waals surface area contributed by atoms with Crippen LogP contribution < -0.4 is 15.4 Å². The summed E-state index contributed by atoms with van der Waals surface area (Å²) in [6.45, 7) is 4.64. The SMILES string of the molecule is Cc1cc(Br)cnc1N1CCC(COc2ccnc(C(N)=O)c2)CC1. The quantitative estimate of drug-likeness (QED) is 0.827. The Kier molecular flexibility index (Phi) is 5.53. The third-order valence-corrected chi connectivity index (χ3v) is 4.83. The van der Waals surface area contributed by atoms with Gasteiger partial charge in [0.1, 0.15) is 17.3 Å². The van der Waals surface area contributed by atoms with Crippen molar-refractivity contribution in [2.24, 2.45) is 11.7 Å². The molecule has 0 atom stereocenters. The first-order chi connectivity index (χ1) is 12.0. The highest BCUT2D eigenvalue weighted by molar-refractivity contribution is 9.10. The summed E-state index contributed by atoms with van der Waals surface area (Å²) in [6, 6.07) is 5.43. The lowest BCUT2D eigenvalue weighted by atomic mass is 9.97. The smallest absolute Gasteiger partial charge is 0.267 e. The van der Waals surface area contributed by atoms with E-state index in [0.717, 1.165) is 36.2 Å². The number of nitrogens with zero attached hydrogens (tertiary/aromatic N) is 3. The molecule has 6 nitrogen and oxygen atoms in total. The fraction of sp³-hybridized carbons (Fsp3) is 0.389. The molecule has 0 saturated carbocycles. The van der Waals surface area contributed by atoms with Crippen LogP contribution in [0.3, 0.4) is 0 Å². The van der Waals surface area contributed by atoms with E-state index in [1.165, 1.54) is 5.56 Å². The molecular formula is C18H21BrN4O2. The Morgan fingerprint density at radius 2 is 2.12 bits per heavy atom. The first-order valence-electron chi connectivity index (χ1n) is 8.28. The van der Waals surface area contributed by atoms with E-state index in [1.54, 1.807) is 18.3 Å². The number of aryl methyl sites for hydroxylation is 1. The molecular weight excluding hydrogens is 384 g/mol. The molecule has 132 valence electrons. The number of halogens is 1. The number of aromatic nitrogens is 2. The van der Waals surface area contributed by atoms with Gasteiger partial charge in [0.15, 0.2) is 0 Å². The molecule has 3 heterocycles. The molecule has 2 N–H and O–H groups in total. The van der Waals surface area contributed by atoms with Crippen molar-refractivity contribution in [2.75, 3.05) is 24.6 Å². The third kappa shape index (κ3) is 4.48. The molecule has 7 heteroatoms. The Morgan fingerprint density at radius 3 is 2.80 bits per heavy atom. The summed E-state index contributed by atoms with van der Waals surface area (Å²) in [5, 5.41) is 0. The van der Waals surface area contributed by atoms with E-state index in [-0.39, 0.29) is 5.69 Å². The van der Waals surface area contributed by atoms with Gasteiger partial charge in [-0.3, -0.25) is 9.78 Å². The Hall–Kier alpha value is -2.15. The van der Waals surface area contributed by atoms with Crippen molar-refractivity contribution in [1.82, 2.24) is 9.97 Å². The van der Waals surface area contributed by atoms with Gasteiger partial charge in [0.25, 0.3) is 5.91 Å². The van der Waals surface area contributed by atoms with Crippen molar-refractivity contribution in [3.63, 3.8) is 0 Å². The summed E-state index contributed by atoms with van der Waals surface area (Å²) in [5.41, 5.74) is 6.65. The molecule has 0 radical (unpaired) electrons. The minimum absolute atomic E-state index is 0.226. The van der Waals surface area contributed by atoms with Gasteiger partial charge in [-0.2, -0.15) is 0 Å². The van der Waals surface area contributed by atoms with Gasteiger partial charge in [0, 0.05) is 36.0 Å². The standard InChI is InChI=1S/C18H21BrN4O2/c1-12-8-14(19)10-22-18(12)23-6-3-13(4-7-23)11-25-15-2-5-21-16(9-15)17(20)24/h2,5,8-10,13H,3-4,6-7,11H2,1H3,(H2,20,24). The lowest BCUT2D eigenvalue weighted by Gasteiger charge is -2.33. The number of pyridine rings is 2. The largest absolute Gasteiger partial charge is 0.493 e. The maximum Gasteiger partial charge on any atom is 0.267 e. The monoisotopic (exact) mass is 404 g/mol. The van der Waals surface area contributed by atoms with Gasteiger partial charge in [-0.25, -0.2) is 4.98 Å². The summed E-state index contributed by atoms with van der Waals surface area (Å²) in [6.07, 6.45) is 5.48. The molecule has 1 saturated heterocycles. The number of hydrogen-bond donors (Lipinski definition) is 1. The molecule has 0 unspecified atom stereocenters. The number of amides is 1. The lowest BCUT2D eigenvalue weighted by Crippen LogP contribution is -2.36. The summed E-state index contributed by atoms with van der Waals surface area (Å²) in [4.78, 5) is 22.0. The predicted molar refractivity (Wildman–Crippen MR) is 99.9 cm³/mol. The van der Waals surface area contributed by atoms with Crippen LogP contribution >= 0.6 is 15.9 Å². The highest BCUT2D eigenvalue weighted by Crippen LogP contribution is 2.26. The van der Waals surface area contributed by atoms with Crippen molar-refractivity contribution in [2.45, 2.75) is 19.8 Å². The Balaban J connectivity index is 1.53. The first-order valence-corrected chi connectivity index (χ1v) is 9.08. The van der Waals surface area contributed by atoms with Gasteiger partial charge in [0.05, 0.1) is 6.61 Å². The fourth-order valence-corrected chi connectivity index (χ4v) is 3.47. The van der Waals surface area contributed by atoms with Crippen molar-refractivity contribution in [3.05, 3.63) is 46.3 Å². The number of carbonyl (C=O) groups is 1. The van der Waals surface area contributed by atoms with E-state index in [2.05, 4.69) is 43.8 Å². The van der Waals surface area contributed by atoms with Crippen LogP contribution in [-0.2, 0) is 0 Å². The maximum absolute atomic E-state index is 11.2. The zero-order valence-corrected chi connectivity index (χ0v) is 15.7. The molecule has 3 rings (SSSR count). The van der Waals surface area contributed by atoms with Crippen LogP contribution in [0.5, 0.6) is 5.75 Å². The normalized spacial score (nSPS) is 15.2. The van der Waals surface area contributed by atoms with Gasteiger partial charge in [-0.1, -0.05) is 0 Å². The van der Waals surface area contributed by atoms with Crippen LogP contribution in [0.15, 0.2) is 35.1 Å². The zero-order valence-electron chi connectivity index (χ0n) is 14.1. The van der Waals surface area contributed by atoms with E-state index in [4.69, 9.17) is 10.5 Å². The third-order valence-electron chi connectivity index (χ3n) is 4.40. The number of primary amides is 1. The van der Waals surface area contributed by atoms with Crippen LogP contribution in [0.25, 0.3) is 0 Å². The molecule has 2 aromatic heterocycles. The molecule has 1 amide bonds. The number of nitrogens with two attached hydrogens (primary N) is 1. The minimum atomic E-state index is -0.545. The molecule has 0 bridgehead atoms. The number of carbonyl (C=O) groups excluding carboxylic acids is 1. The highest BCUT2D eigenvalue weighted by Gasteiger charge is 2.22. The van der Waals surface area contributed by atoms with Gasteiger partial charge in [-0.15, -0.1) is 0 Å². The molecule has 25 heavy (non-hydrogen) atoms. The van der Waals surface area contributed by atoms with Crippen molar-refractivity contribution in [3.8, 4) is 5.75 Å². The van der Waals surface area contributed by atoms with Gasteiger partial charge in [0.2, 0.25) is 0 Å². The molecule has 2 aromatic rings. The minimum Gasteiger partial charge on any atom is -0.493 e. The van der Waals surface area contributed by atoms with Crippen LogP contribution in [0.4, 0.5) is 5.82 Å². The second kappa shape index (κ2) is 7.82. The number of ether oxygens (including phenoxy) is 1. The lowest BCUT2D eigenvalue weighted by molar-refractivity contribution is 0.0995. The second-order valence-electron chi connectivity index (χ2n) is 6.28. The van der Waals surface area contributed by atoms with Gasteiger partial charge >= 0.3 is 0 Å². The van der Waals surface area contributed by atoms with E-state index in [1.807, 2.05) is 6.20 Å². The van der Waals surface area contributed by atoms with Crippen LogP contribution in [0, 0.1) is 12.8 Å². The molecule has 1 aliphatic rings.